The molecule has 1 aromatic rings. The van der Waals surface area contributed by atoms with Gasteiger partial charge in [0.1, 0.15) is 11.5 Å². The van der Waals surface area contributed by atoms with E-state index in [1.165, 1.54) is 24.1 Å². The van der Waals surface area contributed by atoms with E-state index in [9.17, 15) is 9.90 Å². The minimum Gasteiger partial charge on any atom is -0.507 e. The molecule has 17 heavy (non-hydrogen) atoms. The number of methoxy groups -OCH3 is 1. The summed E-state index contributed by atoms with van der Waals surface area (Å²) < 4.78 is 4.95. The summed E-state index contributed by atoms with van der Waals surface area (Å²) in [5, 5.41) is 9.73. The zero-order valence-electron chi connectivity index (χ0n) is 9.93. The van der Waals surface area contributed by atoms with Crippen LogP contribution in [0.4, 0.5) is 0 Å². The number of terminal acetylenes is 1. The molecular weight excluding hydrogens is 218 g/mol. The van der Waals surface area contributed by atoms with E-state index in [0.29, 0.717) is 12.3 Å². The molecule has 0 saturated heterocycles. The number of aromatic hydroxyl groups is 1. The summed E-state index contributed by atoms with van der Waals surface area (Å²) in [5.41, 5.74) is 0.225. The van der Waals surface area contributed by atoms with Crippen molar-refractivity contribution in [3.8, 4) is 23.8 Å². The molecule has 0 aliphatic rings. The van der Waals surface area contributed by atoms with Crippen molar-refractivity contribution in [1.82, 2.24) is 4.90 Å². The summed E-state index contributed by atoms with van der Waals surface area (Å²) in [4.78, 5) is 13.5. The van der Waals surface area contributed by atoms with E-state index in [1.54, 1.807) is 6.07 Å². The summed E-state index contributed by atoms with van der Waals surface area (Å²) in [5.74, 6) is 2.52. The molecule has 0 saturated carbocycles. The highest BCUT2D eigenvalue weighted by Gasteiger charge is 2.17. The van der Waals surface area contributed by atoms with E-state index in [1.807, 2.05) is 6.92 Å². The number of nitrogens with zero attached hydrogens (tertiary/aromatic N) is 1. The number of amides is 1. The number of carbonyl (C=O) groups excluding carboxylic acids is 1. The van der Waals surface area contributed by atoms with Crippen molar-refractivity contribution < 1.29 is 14.6 Å². The van der Waals surface area contributed by atoms with Gasteiger partial charge in [0.05, 0.1) is 19.2 Å². The first kappa shape index (κ1) is 12.9. The van der Waals surface area contributed by atoms with Gasteiger partial charge in [-0.05, 0) is 19.1 Å². The van der Waals surface area contributed by atoms with Crippen molar-refractivity contribution in [1.29, 1.82) is 0 Å². The van der Waals surface area contributed by atoms with Gasteiger partial charge in [0.2, 0.25) is 0 Å². The van der Waals surface area contributed by atoms with Crippen LogP contribution in [-0.4, -0.2) is 36.1 Å². The maximum absolute atomic E-state index is 12.0. The first-order valence-electron chi connectivity index (χ1n) is 5.23. The Balaban J connectivity index is 3.00. The Morgan fingerprint density at radius 3 is 2.76 bits per heavy atom. The molecule has 0 aliphatic carbocycles. The largest absolute Gasteiger partial charge is 0.507 e. The van der Waals surface area contributed by atoms with E-state index in [0.717, 1.165) is 0 Å². The maximum Gasteiger partial charge on any atom is 0.258 e. The van der Waals surface area contributed by atoms with Gasteiger partial charge in [0, 0.05) is 12.6 Å². The average Bonchev–Trinajstić information content (AvgIpc) is 2.35. The molecule has 0 radical (unpaired) electrons. The molecule has 0 fully saturated rings. The van der Waals surface area contributed by atoms with Gasteiger partial charge in [0.15, 0.2) is 0 Å². The van der Waals surface area contributed by atoms with Gasteiger partial charge >= 0.3 is 0 Å². The predicted molar refractivity (Wildman–Crippen MR) is 65.1 cm³/mol. The summed E-state index contributed by atoms with van der Waals surface area (Å²) in [7, 11) is 1.49. The molecule has 4 nitrogen and oxygen atoms in total. The Hall–Kier alpha value is -2.15. The third-order valence-corrected chi connectivity index (χ3v) is 2.39. The highest BCUT2D eigenvalue weighted by molar-refractivity contribution is 5.97. The zero-order valence-corrected chi connectivity index (χ0v) is 9.93. The molecule has 0 bridgehead atoms. The van der Waals surface area contributed by atoms with Crippen LogP contribution in [0, 0.1) is 12.3 Å². The average molecular weight is 233 g/mol. The molecule has 0 spiro atoms. The molecule has 4 heteroatoms. The molecule has 1 aromatic carbocycles. The number of hydrogen-bond donors (Lipinski definition) is 1. The second-order valence-corrected chi connectivity index (χ2v) is 3.41. The van der Waals surface area contributed by atoms with Crippen molar-refractivity contribution in [3.05, 3.63) is 23.8 Å². The molecule has 0 unspecified atom stereocenters. The Kier molecular flexibility index (Phi) is 4.41. The van der Waals surface area contributed by atoms with Crippen LogP contribution in [0.25, 0.3) is 0 Å². The number of hydrogen-bond acceptors (Lipinski definition) is 3. The second-order valence-electron chi connectivity index (χ2n) is 3.41. The molecule has 0 aliphatic heterocycles. The van der Waals surface area contributed by atoms with E-state index in [2.05, 4.69) is 5.92 Å². The molecule has 0 heterocycles. The third kappa shape index (κ3) is 2.91. The predicted octanol–water partition coefficient (Wildman–Crippen LogP) is 1.50. The van der Waals surface area contributed by atoms with Crippen molar-refractivity contribution in [2.45, 2.75) is 6.92 Å². The maximum atomic E-state index is 12.0. The van der Waals surface area contributed by atoms with Crippen LogP contribution in [0.3, 0.4) is 0 Å². The van der Waals surface area contributed by atoms with Gasteiger partial charge < -0.3 is 14.7 Å². The Labute approximate surface area is 101 Å². The summed E-state index contributed by atoms with van der Waals surface area (Å²) >= 11 is 0. The highest BCUT2D eigenvalue weighted by atomic mass is 16.5. The standard InChI is InChI=1S/C13H15NO3/c1-4-8-14(5-2)13(16)11-7-6-10(17-3)9-12(11)15/h1,6-7,9,15H,5,8H2,2-3H3. The molecule has 1 N–H and O–H groups in total. The van der Waals surface area contributed by atoms with Crippen LogP contribution in [0.5, 0.6) is 11.5 Å². The summed E-state index contributed by atoms with van der Waals surface area (Å²) in [6.45, 7) is 2.55. The van der Waals surface area contributed by atoms with E-state index in [-0.39, 0.29) is 23.8 Å². The smallest absolute Gasteiger partial charge is 0.258 e. The first-order chi connectivity index (χ1) is 8.13. The van der Waals surface area contributed by atoms with Crippen LogP contribution >= 0.6 is 0 Å². The first-order valence-corrected chi connectivity index (χ1v) is 5.23. The van der Waals surface area contributed by atoms with Gasteiger partial charge in [-0.2, -0.15) is 0 Å². The van der Waals surface area contributed by atoms with E-state index < -0.39 is 0 Å². The lowest BCUT2D eigenvalue weighted by Crippen LogP contribution is -2.31. The number of phenolic OH excluding ortho intramolecular Hbond substituents is 1. The molecule has 1 amide bonds. The fourth-order valence-electron chi connectivity index (χ4n) is 1.43. The number of rotatable bonds is 4. The van der Waals surface area contributed by atoms with E-state index >= 15 is 0 Å². The highest BCUT2D eigenvalue weighted by Crippen LogP contribution is 2.24. The number of carbonyl (C=O) groups is 1. The topological polar surface area (TPSA) is 49.8 Å². The lowest BCUT2D eigenvalue weighted by molar-refractivity contribution is 0.0782. The van der Waals surface area contributed by atoms with E-state index in [4.69, 9.17) is 11.2 Å². The van der Waals surface area contributed by atoms with Crippen LogP contribution in [0.15, 0.2) is 18.2 Å². The number of ether oxygens (including phenoxy) is 1. The zero-order chi connectivity index (χ0) is 12.8. The summed E-state index contributed by atoms with van der Waals surface area (Å²) in [6, 6.07) is 4.54. The van der Waals surface area contributed by atoms with Crippen molar-refractivity contribution >= 4 is 5.91 Å². The lowest BCUT2D eigenvalue weighted by Gasteiger charge is -2.18. The quantitative estimate of drug-likeness (QED) is 0.802. The van der Waals surface area contributed by atoms with Gasteiger partial charge in [-0.1, -0.05) is 5.92 Å². The Bertz CT molecular complexity index is 448. The number of benzene rings is 1. The Morgan fingerprint density at radius 2 is 2.29 bits per heavy atom. The molecule has 0 atom stereocenters. The monoisotopic (exact) mass is 233 g/mol. The SMILES string of the molecule is C#CCN(CC)C(=O)c1ccc(OC)cc1O. The minimum absolute atomic E-state index is 0.107. The molecular formula is C13H15NO3. The van der Waals surface area contributed by atoms with Gasteiger partial charge in [-0.15, -0.1) is 6.42 Å². The molecule has 1 rings (SSSR count). The van der Waals surface area contributed by atoms with Gasteiger partial charge in [-0.25, -0.2) is 0 Å². The fourth-order valence-corrected chi connectivity index (χ4v) is 1.43. The second kappa shape index (κ2) is 5.80. The number of phenols is 1. The van der Waals surface area contributed by atoms with Crippen LogP contribution in [-0.2, 0) is 0 Å². The third-order valence-electron chi connectivity index (χ3n) is 2.39. The van der Waals surface area contributed by atoms with Crippen LogP contribution in [0.2, 0.25) is 0 Å². The lowest BCUT2D eigenvalue weighted by atomic mass is 10.1. The van der Waals surface area contributed by atoms with Gasteiger partial charge in [-0.3, -0.25) is 4.79 Å². The van der Waals surface area contributed by atoms with Crippen molar-refractivity contribution in [2.75, 3.05) is 20.2 Å². The minimum atomic E-state index is -0.286. The molecule has 90 valence electrons. The summed E-state index contributed by atoms with van der Waals surface area (Å²) in [6.07, 6.45) is 5.18. The van der Waals surface area contributed by atoms with Crippen molar-refractivity contribution in [2.24, 2.45) is 0 Å². The Morgan fingerprint density at radius 1 is 1.59 bits per heavy atom. The fraction of sp³-hybridized carbons (Fsp3) is 0.308. The normalized spacial score (nSPS) is 9.47. The van der Waals surface area contributed by atoms with Crippen LogP contribution in [0.1, 0.15) is 17.3 Å². The van der Waals surface area contributed by atoms with Crippen molar-refractivity contribution in [3.63, 3.8) is 0 Å². The van der Waals surface area contributed by atoms with Crippen LogP contribution < -0.4 is 4.74 Å². The van der Waals surface area contributed by atoms with Gasteiger partial charge in [0.25, 0.3) is 5.91 Å². The molecule has 0 aromatic heterocycles.